The van der Waals surface area contributed by atoms with Crippen LogP contribution >= 0.6 is 11.6 Å². The zero-order valence-corrected chi connectivity index (χ0v) is 18.7. The van der Waals surface area contributed by atoms with Crippen LogP contribution in [0.4, 0.5) is 4.79 Å². The van der Waals surface area contributed by atoms with Crippen LogP contribution in [0, 0.1) is 0 Å². The van der Waals surface area contributed by atoms with Crippen LogP contribution in [0.25, 0.3) is 0 Å². The first-order chi connectivity index (χ1) is 14.6. The lowest BCUT2D eigenvalue weighted by Gasteiger charge is -2.33. The second-order valence-electron chi connectivity index (χ2n) is 8.59. The van der Waals surface area contributed by atoms with Gasteiger partial charge < -0.3 is 15.0 Å². The number of halogens is 1. The molecule has 2 aromatic rings. The van der Waals surface area contributed by atoms with E-state index >= 15 is 0 Å². The Hall–Kier alpha value is -2.86. The van der Waals surface area contributed by atoms with E-state index in [1.165, 1.54) is 0 Å². The van der Waals surface area contributed by atoms with Crippen molar-refractivity contribution in [1.82, 2.24) is 10.2 Å². The number of carbonyl (C=O) groups is 3. The van der Waals surface area contributed by atoms with Gasteiger partial charge in [-0.3, -0.25) is 9.59 Å². The number of carbonyl (C=O) groups excluding carboxylic acids is 3. The van der Waals surface area contributed by atoms with E-state index in [0.29, 0.717) is 47.6 Å². The molecule has 0 unspecified atom stereocenters. The third-order valence-electron chi connectivity index (χ3n) is 5.01. The molecule has 31 heavy (non-hydrogen) atoms. The molecule has 1 aliphatic heterocycles. The van der Waals surface area contributed by atoms with E-state index in [0.717, 1.165) is 0 Å². The molecule has 2 aromatic carbocycles. The first-order valence-corrected chi connectivity index (χ1v) is 10.7. The number of piperidine rings is 1. The lowest BCUT2D eigenvalue weighted by atomic mass is 9.96. The number of alkyl carbamates (subject to hydrolysis) is 1. The van der Waals surface area contributed by atoms with E-state index in [9.17, 15) is 14.4 Å². The highest BCUT2D eigenvalue weighted by Crippen LogP contribution is 2.21. The van der Waals surface area contributed by atoms with Gasteiger partial charge >= 0.3 is 6.09 Å². The molecule has 1 N–H and O–H groups in total. The first kappa shape index (κ1) is 22.8. The topological polar surface area (TPSA) is 75.7 Å². The van der Waals surface area contributed by atoms with E-state index in [2.05, 4.69) is 5.32 Å². The zero-order valence-electron chi connectivity index (χ0n) is 18.0. The normalized spacial score (nSPS) is 14.8. The molecule has 0 aromatic heterocycles. The molecule has 2 amide bonds. The van der Waals surface area contributed by atoms with Crippen molar-refractivity contribution >= 4 is 29.4 Å². The third kappa shape index (κ3) is 6.07. The van der Waals surface area contributed by atoms with Crippen molar-refractivity contribution in [3.63, 3.8) is 0 Å². The molecule has 3 rings (SSSR count). The summed E-state index contributed by atoms with van der Waals surface area (Å²) in [6.45, 7) is 6.43. The van der Waals surface area contributed by atoms with Crippen molar-refractivity contribution in [2.24, 2.45) is 0 Å². The average molecular weight is 443 g/mol. The van der Waals surface area contributed by atoms with Gasteiger partial charge in [-0.25, -0.2) is 4.79 Å². The molecule has 1 saturated heterocycles. The minimum atomic E-state index is -0.554. The number of ketones is 1. The first-order valence-electron chi connectivity index (χ1n) is 10.3. The minimum absolute atomic E-state index is 0.0511. The van der Waals surface area contributed by atoms with Crippen molar-refractivity contribution in [2.75, 3.05) is 13.1 Å². The molecule has 164 valence electrons. The van der Waals surface area contributed by atoms with Crippen molar-refractivity contribution in [3.05, 3.63) is 70.2 Å². The van der Waals surface area contributed by atoms with Crippen molar-refractivity contribution in [3.8, 4) is 0 Å². The Bertz CT molecular complexity index is 958. The maximum Gasteiger partial charge on any atom is 0.407 e. The molecule has 0 bridgehead atoms. The number of nitrogens with one attached hydrogen (secondary N) is 1. The summed E-state index contributed by atoms with van der Waals surface area (Å²) in [7, 11) is 0. The van der Waals surface area contributed by atoms with Crippen molar-refractivity contribution in [1.29, 1.82) is 0 Å². The van der Waals surface area contributed by atoms with Crippen LogP contribution in [-0.2, 0) is 4.74 Å². The molecule has 0 aliphatic carbocycles. The summed E-state index contributed by atoms with van der Waals surface area (Å²) in [5, 5.41) is 3.41. The van der Waals surface area contributed by atoms with Gasteiger partial charge in [0, 0.05) is 35.3 Å². The summed E-state index contributed by atoms with van der Waals surface area (Å²) in [4.78, 5) is 39.8. The fourth-order valence-electron chi connectivity index (χ4n) is 3.50. The maximum absolute atomic E-state index is 13.2. The van der Waals surface area contributed by atoms with Crippen LogP contribution in [0.5, 0.6) is 0 Å². The maximum atomic E-state index is 13.2. The quantitative estimate of drug-likeness (QED) is 0.696. The van der Waals surface area contributed by atoms with Gasteiger partial charge in [0.25, 0.3) is 5.91 Å². The van der Waals surface area contributed by atoms with Gasteiger partial charge in [0.05, 0.1) is 5.56 Å². The number of amides is 2. The van der Waals surface area contributed by atoms with Crippen LogP contribution in [0.3, 0.4) is 0 Å². The molecule has 7 heteroatoms. The van der Waals surface area contributed by atoms with Gasteiger partial charge in [0.15, 0.2) is 5.78 Å². The predicted molar refractivity (Wildman–Crippen MR) is 120 cm³/mol. The minimum Gasteiger partial charge on any atom is -0.444 e. The fourth-order valence-corrected chi connectivity index (χ4v) is 3.62. The summed E-state index contributed by atoms with van der Waals surface area (Å²) < 4.78 is 5.30. The Morgan fingerprint density at radius 1 is 0.968 bits per heavy atom. The number of hydrogen-bond acceptors (Lipinski definition) is 4. The Morgan fingerprint density at radius 2 is 1.55 bits per heavy atom. The Kier molecular flexibility index (Phi) is 7.01. The van der Waals surface area contributed by atoms with E-state index in [1.807, 2.05) is 20.8 Å². The van der Waals surface area contributed by atoms with Crippen LogP contribution in [0.15, 0.2) is 48.5 Å². The van der Waals surface area contributed by atoms with Gasteiger partial charge in [-0.15, -0.1) is 0 Å². The third-order valence-corrected chi connectivity index (χ3v) is 5.26. The predicted octanol–water partition coefficient (Wildman–Crippen LogP) is 4.70. The molecular weight excluding hydrogens is 416 g/mol. The Balaban J connectivity index is 1.66. The number of likely N-dealkylation sites (tertiary alicyclic amines) is 1. The molecule has 1 heterocycles. The Labute approximate surface area is 187 Å². The number of rotatable bonds is 4. The molecule has 1 fully saturated rings. The van der Waals surface area contributed by atoms with Crippen LogP contribution < -0.4 is 5.32 Å². The largest absolute Gasteiger partial charge is 0.444 e. The van der Waals surface area contributed by atoms with Crippen LogP contribution in [0.1, 0.15) is 59.9 Å². The van der Waals surface area contributed by atoms with Crippen molar-refractivity contribution < 1.29 is 19.1 Å². The van der Waals surface area contributed by atoms with E-state index in [-0.39, 0.29) is 17.7 Å². The standard InChI is InChI=1S/C24H27ClN2O4/c1-24(2,3)31-23(30)26-18-12-14-27(15-13-18)22(29)20-7-5-4-6-19(20)21(28)16-8-10-17(25)11-9-16/h4-11,18H,12-15H2,1-3H3,(H,26,30). The fraction of sp³-hybridized carbons (Fsp3) is 0.375. The highest BCUT2D eigenvalue weighted by Gasteiger charge is 2.28. The van der Waals surface area contributed by atoms with Gasteiger partial charge in [-0.2, -0.15) is 0 Å². The van der Waals surface area contributed by atoms with Crippen molar-refractivity contribution in [2.45, 2.75) is 45.3 Å². The molecular formula is C24H27ClN2O4. The van der Waals surface area contributed by atoms with E-state index < -0.39 is 11.7 Å². The summed E-state index contributed by atoms with van der Waals surface area (Å²) in [5.41, 5.74) is 0.663. The summed E-state index contributed by atoms with van der Waals surface area (Å²) >= 11 is 5.91. The highest BCUT2D eigenvalue weighted by molar-refractivity contribution is 6.30. The molecule has 0 spiro atoms. The Morgan fingerprint density at radius 3 is 2.13 bits per heavy atom. The summed E-state index contributed by atoms with van der Waals surface area (Å²) in [6, 6.07) is 13.4. The average Bonchev–Trinajstić information content (AvgIpc) is 2.72. The SMILES string of the molecule is CC(C)(C)OC(=O)NC1CCN(C(=O)c2ccccc2C(=O)c2ccc(Cl)cc2)CC1. The van der Waals surface area contributed by atoms with E-state index in [1.54, 1.807) is 53.4 Å². The molecule has 6 nitrogen and oxygen atoms in total. The second-order valence-corrected chi connectivity index (χ2v) is 9.03. The smallest absolute Gasteiger partial charge is 0.407 e. The second kappa shape index (κ2) is 9.52. The van der Waals surface area contributed by atoms with E-state index in [4.69, 9.17) is 16.3 Å². The summed E-state index contributed by atoms with van der Waals surface area (Å²) in [5.74, 6) is -0.407. The molecule has 1 aliphatic rings. The number of nitrogens with zero attached hydrogens (tertiary/aromatic N) is 1. The molecule has 0 radical (unpaired) electrons. The lowest BCUT2D eigenvalue weighted by Crippen LogP contribution is -2.47. The molecule has 0 atom stereocenters. The monoisotopic (exact) mass is 442 g/mol. The van der Waals surface area contributed by atoms with Gasteiger partial charge in [0.1, 0.15) is 5.60 Å². The number of benzene rings is 2. The van der Waals surface area contributed by atoms with Crippen LogP contribution in [0.2, 0.25) is 5.02 Å². The highest BCUT2D eigenvalue weighted by atomic mass is 35.5. The molecule has 0 saturated carbocycles. The lowest BCUT2D eigenvalue weighted by molar-refractivity contribution is 0.0473. The van der Waals surface area contributed by atoms with Gasteiger partial charge in [-0.05, 0) is 63.9 Å². The summed E-state index contributed by atoms with van der Waals surface area (Å²) in [6.07, 6.45) is 0.799. The zero-order chi connectivity index (χ0) is 22.6. The number of ether oxygens (including phenoxy) is 1. The van der Waals surface area contributed by atoms with Crippen LogP contribution in [-0.4, -0.2) is 47.4 Å². The number of hydrogen-bond donors (Lipinski definition) is 1. The van der Waals surface area contributed by atoms with Gasteiger partial charge in [-0.1, -0.05) is 29.8 Å². The van der Waals surface area contributed by atoms with Gasteiger partial charge in [0.2, 0.25) is 0 Å².